The molecule has 15 heavy (non-hydrogen) atoms. The fraction of sp³-hybridized carbons (Fsp3) is 0.100. The number of hydrogen-bond donors (Lipinski definition) is 2. The van der Waals surface area contributed by atoms with Crippen LogP contribution in [0.5, 0.6) is 0 Å². The minimum atomic E-state index is -0.573. The van der Waals surface area contributed by atoms with Gasteiger partial charge in [0.15, 0.2) is 0 Å². The van der Waals surface area contributed by atoms with Gasteiger partial charge in [0.05, 0.1) is 5.69 Å². The van der Waals surface area contributed by atoms with Crippen LogP contribution in [0.4, 0.5) is 14.9 Å². The molecule has 80 valence electrons. The van der Waals surface area contributed by atoms with Crippen LogP contribution in [0, 0.1) is 5.82 Å². The van der Waals surface area contributed by atoms with Crippen LogP contribution in [0.2, 0.25) is 5.02 Å². The molecule has 0 fully saturated rings. The molecule has 2 amide bonds. The van der Waals surface area contributed by atoms with E-state index < -0.39 is 11.8 Å². The molecule has 0 saturated carbocycles. The quantitative estimate of drug-likeness (QED) is 0.768. The van der Waals surface area contributed by atoms with E-state index in [1.54, 1.807) is 0 Å². The molecule has 1 aromatic rings. The highest BCUT2D eigenvalue weighted by atomic mass is 35.5. The first-order chi connectivity index (χ1) is 7.13. The Bertz CT molecular complexity index is 382. The maximum atomic E-state index is 13.2. The van der Waals surface area contributed by atoms with Crippen molar-refractivity contribution in [3.63, 3.8) is 0 Å². The lowest BCUT2D eigenvalue weighted by atomic mass is 10.3. The van der Waals surface area contributed by atoms with E-state index in [1.807, 2.05) is 0 Å². The smallest absolute Gasteiger partial charge is 0.319 e. The van der Waals surface area contributed by atoms with Crippen LogP contribution in [-0.2, 0) is 0 Å². The molecule has 1 rings (SSSR count). The van der Waals surface area contributed by atoms with Gasteiger partial charge in [0.2, 0.25) is 0 Å². The Balaban J connectivity index is 2.64. The van der Waals surface area contributed by atoms with Crippen molar-refractivity contribution in [1.82, 2.24) is 5.32 Å². The number of amides is 2. The maximum Gasteiger partial charge on any atom is 0.319 e. The van der Waals surface area contributed by atoms with E-state index in [2.05, 4.69) is 17.2 Å². The van der Waals surface area contributed by atoms with Gasteiger partial charge < -0.3 is 10.6 Å². The van der Waals surface area contributed by atoms with Crippen LogP contribution in [0.3, 0.4) is 0 Å². The molecule has 0 spiro atoms. The van der Waals surface area contributed by atoms with E-state index in [0.29, 0.717) is 6.54 Å². The summed E-state index contributed by atoms with van der Waals surface area (Å²) < 4.78 is 13.2. The van der Waals surface area contributed by atoms with E-state index in [1.165, 1.54) is 18.2 Å². The van der Waals surface area contributed by atoms with Crippen molar-refractivity contribution in [2.75, 3.05) is 11.9 Å². The molecule has 1 aromatic carbocycles. The van der Waals surface area contributed by atoms with E-state index >= 15 is 0 Å². The number of halogens is 2. The Morgan fingerprint density at radius 2 is 2.33 bits per heavy atom. The number of urea groups is 1. The molecular formula is C10H10ClFN2O. The average molecular weight is 229 g/mol. The first kappa shape index (κ1) is 11.5. The molecular weight excluding hydrogens is 219 g/mol. The van der Waals surface area contributed by atoms with Crippen molar-refractivity contribution in [1.29, 1.82) is 0 Å². The lowest BCUT2D eigenvalue weighted by molar-refractivity contribution is 0.253. The summed E-state index contributed by atoms with van der Waals surface area (Å²) in [5.74, 6) is -0.573. The molecule has 0 unspecified atom stereocenters. The van der Waals surface area contributed by atoms with Gasteiger partial charge in [-0.2, -0.15) is 0 Å². The van der Waals surface area contributed by atoms with Gasteiger partial charge in [0, 0.05) is 11.6 Å². The molecule has 5 heteroatoms. The van der Waals surface area contributed by atoms with Crippen LogP contribution in [0.25, 0.3) is 0 Å². The average Bonchev–Trinajstić information content (AvgIpc) is 2.19. The molecule has 0 aliphatic heterocycles. The molecule has 0 aliphatic carbocycles. The second-order valence-electron chi connectivity index (χ2n) is 2.75. The first-order valence-corrected chi connectivity index (χ1v) is 4.62. The van der Waals surface area contributed by atoms with Crippen LogP contribution in [0.15, 0.2) is 30.9 Å². The molecule has 0 bridgehead atoms. The predicted octanol–water partition coefficient (Wildman–Crippen LogP) is 2.79. The van der Waals surface area contributed by atoms with Gasteiger partial charge in [-0.05, 0) is 18.2 Å². The van der Waals surface area contributed by atoms with Crippen molar-refractivity contribution >= 4 is 23.3 Å². The Morgan fingerprint density at radius 3 is 2.93 bits per heavy atom. The predicted molar refractivity (Wildman–Crippen MR) is 58.6 cm³/mol. The summed E-state index contributed by atoms with van der Waals surface area (Å²) in [5.41, 5.74) is 0.0842. The minimum absolute atomic E-state index is 0.0842. The summed E-state index contributed by atoms with van der Waals surface area (Å²) in [4.78, 5) is 11.1. The topological polar surface area (TPSA) is 41.1 Å². The van der Waals surface area contributed by atoms with Crippen LogP contribution >= 0.6 is 11.6 Å². The highest BCUT2D eigenvalue weighted by molar-refractivity contribution is 6.30. The SMILES string of the molecule is C=CCNC(=O)Nc1ccc(Cl)cc1F. The Labute approximate surface area is 91.9 Å². The van der Waals surface area contributed by atoms with Gasteiger partial charge in [-0.3, -0.25) is 0 Å². The van der Waals surface area contributed by atoms with E-state index in [9.17, 15) is 9.18 Å². The van der Waals surface area contributed by atoms with Crippen molar-refractivity contribution < 1.29 is 9.18 Å². The molecule has 0 saturated heterocycles. The standard InChI is InChI=1S/C10H10ClFN2O/c1-2-5-13-10(15)14-9-4-3-7(11)6-8(9)12/h2-4,6H,1,5H2,(H2,13,14,15). The summed E-state index contributed by atoms with van der Waals surface area (Å²) in [5, 5.41) is 5.08. The zero-order valence-electron chi connectivity index (χ0n) is 7.89. The number of hydrogen-bond acceptors (Lipinski definition) is 1. The summed E-state index contributed by atoms with van der Waals surface area (Å²) in [6.07, 6.45) is 1.53. The summed E-state index contributed by atoms with van der Waals surface area (Å²) >= 11 is 5.56. The van der Waals surface area contributed by atoms with Crippen LogP contribution < -0.4 is 10.6 Å². The zero-order chi connectivity index (χ0) is 11.3. The third-order valence-corrected chi connectivity index (χ3v) is 1.82. The fourth-order valence-electron chi connectivity index (χ4n) is 0.922. The summed E-state index contributed by atoms with van der Waals surface area (Å²) in [7, 11) is 0. The monoisotopic (exact) mass is 228 g/mol. The van der Waals surface area contributed by atoms with Crippen molar-refractivity contribution in [3.8, 4) is 0 Å². The maximum absolute atomic E-state index is 13.2. The number of nitrogens with one attached hydrogen (secondary N) is 2. The van der Waals surface area contributed by atoms with Gasteiger partial charge in [-0.25, -0.2) is 9.18 Å². The molecule has 0 atom stereocenters. The minimum Gasteiger partial charge on any atom is -0.334 e. The van der Waals surface area contributed by atoms with Crippen molar-refractivity contribution in [2.24, 2.45) is 0 Å². The van der Waals surface area contributed by atoms with Gasteiger partial charge in [0.1, 0.15) is 5.82 Å². The third kappa shape index (κ3) is 3.59. The highest BCUT2D eigenvalue weighted by Crippen LogP contribution is 2.18. The number of rotatable bonds is 3. The molecule has 0 aliphatic rings. The molecule has 3 nitrogen and oxygen atoms in total. The number of carbonyl (C=O) groups is 1. The summed E-state index contributed by atoms with van der Waals surface area (Å²) in [6, 6.07) is 3.53. The molecule has 0 heterocycles. The van der Waals surface area contributed by atoms with Gasteiger partial charge in [-0.1, -0.05) is 17.7 Å². The number of carbonyl (C=O) groups excluding carboxylic acids is 1. The van der Waals surface area contributed by atoms with Crippen molar-refractivity contribution in [2.45, 2.75) is 0 Å². The largest absolute Gasteiger partial charge is 0.334 e. The fourth-order valence-corrected chi connectivity index (χ4v) is 1.08. The molecule has 2 N–H and O–H groups in total. The third-order valence-electron chi connectivity index (χ3n) is 1.59. The van der Waals surface area contributed by atoms with E-state index in [0.717, 1.165) is 6.07 Å². The van der Waals surface area contributed by atoms with E-state index in [4.69, 9.17) is 11.6 Å². The normalized spacial score (nSPS) is 9.47. The van der Waals surface area contributed by atoms with E-state index in [-0.39, 0.29) is 10.7 Å². The Kier molecular flexibility index (Phi) is 4.12. The second-order valence-corrected chi connectivity index (χ2v) is 3.18. The second kappa shape index (κ2) is 5.36. The molecule has 0 radical (unpaired) electrons. The van der Waals surface area contributed by atoms with Gasteiger partial charge in [-0.15, -0.1) is 6.58 Å². The summed E-state index contributed by atoms with van der Waals surface area (Å²) in [6.45, 7) is 3.76. The lowest BCUT2D eigenvalue weighted by Crippen LogP contribution is -2.28. The van der Waals surface area contributed by atoms with Crippen LogP contribution in [-0.4, -0.2) is 12.6 Å². The lowest BCUT2D eigenvalue weighted by Gasteiger charge is -2.06. The Hall–Kier alpha value is -1.55. The molecule has 0 aromatic heterocycles. The van der Waals surface area contributed by atoms with Gasteiger partial charge in [0.25, 0.3) is 0 Å². The van der Waals surface area contributed by atoms with Gasteiger partial charge >= 0.3 is 6.03 Å². The highest BCUT2D eigenvalue weighted by Gasteiger charge is 2.05. The number of anilines is 1. The number of benzene rings is 1. The first-order valence-electron chi connectivity index (χ1n) is 4.24. The Morgan fingerprint density at radius 1 is 1.60 bits per heavy atom. The zero-order valence-corrected chi connectivity index (χ0v) is 8.64. The van der Waals surface area contributed by atoms with Crippen molar-refractivity contribution in [3.05, 3.63) is 41.7 Å². The van der Waals surface area contributed by atoms with Crippen LogP contribution in [0.1, 0.15) is 0 Å².